The van der Waals surface area contributed by atoms with Crippen molar-refractivity contribution in [2.45, 2.75) is 70.8 Å². The molecule has 4 nitrogen and oxygen atoms in total. The molecule has 0 radical (unpaired) electrons. The SMILES string of the molecule is Cc1ccccc1C(=O)NC1CCN(C(=O)CC23CC4CC(CC(C4)C2)C3)CC1. The van der Waals surface area contributed by atoms with Gasteiger partial charge in [0.2, 0.25) is 5.91 Å². The molecule has 4 saturated carbocycles. The van der Waals surface area contributed by atoms with Crippen LogP contribution in [0.2, 0.25) is 0 Å². The van der Waals surface area contributed by atoms with Gasteiger partial charge in [-0.3, -0.25) is 9.59 Å². The Morgan fingerprint density at radius 2 is 1.59 bits per heavy atom. The molecule has 5 aliphatic rings. The monoisotopic (exact) mass is 394 g/mol. The van der Waals surface area contributed by atoms with Gasteiger partial charge in [-0.2, -0.15) is 0 Å². The minimum atomic E-state index is 0.0152. The van der Waals surface area contributed by atoms with E-state index in [1.54, 1.807) is 0 Å². The van der Waals surface area contributed by atoms with Crippen molar-refractivity contribution in [3.05, 3.63) is 35.4 Å². The van der Waals surface area contributed by atoms with Crippen molar-refractivity contribution in [1.82, 2.24) is 10.2 Å². The maximum atomic E-state index is 13.1. The van der Waals surface area contributed by atoms with Crippen molar-refractivity contribution < 1.29 is 9.59 Å². The summed E-state index contributed by atoms with van der Waals surface area (Å²) in [6.07, 6.45) is 10.7. The number of nitrogens with zero attached hydrogens (tertiary/aromatic N) is 1. The van der Waals surface area contributed by atoms with Crippen LogP contribution in [0.25, 0.3) is 0 Å². The second kappa shape index (κ2) is 7.45. The third kappa shape index (κ3) is 3.83. The first-order valence-corrected chi connectivity index (χ1v) is 11.6. The van der Waals surface area contributed by atoms with E-state index in [0.29, 0.717) is 11.3 Å². The molecular formula is C25H34N2O2. The van der Waals surface area contributed by atoms with Crippen LogP contribution in [0, 0.1) is 30.1 Å². The highest BCUT2D eigenvalue weighted by Gasteiger charge is 2.51. The molecule has 1 saturated heterocycles. The van der Waals surface area contributed by atoms with Gasteiger partial charge in [0.25, 0.3) is 5.91 Å². The number of nitrogens with one attached hydrogen (secondary N) is 1. The van der Waals surface area contributed by atoms with Gasteiger partial charge in [0.1, 0.15) is 0 Å². The van der Waals surface area contributed by atoms with E-state index in [2.05, 4.69) is 10.2 Å². The van der Waals surface area contributed by atoms with Crippen molar-refractivity contribution in [3.63, 3.8) is 0 Å². The molecule has 29 heavy (non-hydrogen) atoms. The van der Waals surface area contributed by atoms with Gasteiger partial charge >= 0.3 is 0 Å². The van der Waals surface area contributed by atoms with Gasteiger partial charge in [-0.25, -0.2) is 0 Å². The molecule has 4 bridgehead atoms. The number of rotatable bonds is 4. The van der Waals surface area contributed by atoms with Crippen molar-refractivity contribution in [2.24, 2.45) is 23.2 Å². The Hall–Kier alpha value is -1.84. The predicted molar refractivity (Wildman–Crippen MR) is 113 cm³/mol. The van der Waals surface area contributed by atoms with Crippen molar-refractivity contribution in [3.8, 4) is 0 Å². The molecule has 1 aromatic carbocycles. The van der Waals surface area contributed by atoms with Crippen molar-refractivity contribution >= 4 is 11.8 Å². The Balaban J connectivity index is 1.14. The van der Waals surface area contributed by atoms with Crippen LogP contribution in [0.4, 0.5) is 0 Å². The molecule has 0 atom stereocenters. The normalized spacial score (nSPS) is 33.7. The molecule has 1 aliphatic heterocycles. The lowest BCUT2D eigenvalue weighted by Crippen LogP contribution is -2.50. The number of carbonyl (C=O) groups excluding carboxylic acids is 2. The number of amides is 2. The zero-order chi connectivity index (χ0) is 20.0. The van der Waals surface area contributed by atoms with Crippen LogP contribution in [0.3, 0.4) is 0 Å². The minimum Gasteiger partial charge on any atom is -0.349 e. The molecule has 1 N–H and O–H groups in total. The van der Waals surface area contributed by atoms with E-state index in [1.165, 1.54) is 38.5 Å². The number of aryl methyl sites for hydroxylation is 1. The van der Waals surface area contributed by atoms with Gasteiger partial charge in [-0.15, -0.1) is 0 Å². The Bertz CT molecular complexity index is 758. The van der Waals surface area contributed by atoms with E-state index >= 15 is 0 Å². The molecule has 0 spiro atoms. The first-order valence-electron chi connectivity index (χ1n) is 11.6. The number of benzene rings is 1. The van der Waals surface area contributed by atoms with E-state index in [-0.39, 0.29) is 11.9 Å². The maximum absolute atomic E-state index is 13.1. The van der Waals surface area contributed by atoms with Gasteiger partial charge in [0.05, 0.1) is 0 Å². The second-order valence-electron chi connectivity index (χ2n) is 10.5. The van der Waals surface area contributed by atoms with Crippen molar-refractivity contribution in [1.29, 1.82) is 0 Å². The second-order valence-corrected chi connectivity index (χ2v) is 10.5. The van der Waals surface area contributed by atoms with E-state index in [9.17, 15) is 9.59 Å². The van der Waals surface area contributed by atoms with E-state index in [0.717, 1.165) is 61.2 Å². The standard InChI is InChI=1S/C25H34N2O2/c1-17-4-2-3-5-22(17)24(29)26-21-6-8-27(9-7-21)23(28)16-25-13-18-10-19(14-25)12-20(11-18)15-25/h2-5,18-21H,6-16H2,1H3,(H,26,29). The molecule has 156 valence electrons. The number of hydrogen-bond acceptors (Lipinski definition) is 2. The van der Waals surface area contributed by atoms with Gasteiger partial charge in [-0.05, 0) is 93.1 Å². The smallest absolute Gasteiger partial charge is 0.251 e. The van der Waals surface area contributed by atoms with Crippen molar-refractivity contribution in [2.75, 3.05) is 13.1 Å². The zero-order valence-electron chi connectivity index (χ0n) is 17.7. The maximum Gasteiger partial charge on any atom is 0.251 e. The van der Waals surface area contributed by atoms with Gasteiger partial charge in [-0.1, -0.05) is 18.2 Å². The Morgan fingerprint density at radius 3 is 2.17 bits per heavy atom. The van der Waals surface area contributed by atoms with Gasteiger partial charge in [0, 0.05) is 31.1 Å². The Labute approximate surface area is 174 Å². The average Bonchev–Trinajstić information content (AvgIpc) is 2.67. The highest BCUT2D eigenvalue weighted by Crippen LogP contribution is 2.61. The number of piperidine rings is 1. The molecule has 0 unspecified atom stereocenters. The lowest BCUT2D eigenvalue weighted by molar-refractivity contribution is -0.140. The largest absolute Gasteiger partial charge is 0.349 e. The fraction of sp³-hybridized carbons (Fsp3) is 0.680. The quantitative estimate of drug-likeness (QED) is 0.827. The van der Waals surface area contributed by atoms with E-state index in [4.69, 9.17) is 0 Å². The predicted octanol–water partition coefficient (Wildman–Crippen LogP) is 4.32. The summed E-state index contributed by atoms with van der Waals surface area (Å²) in [6.45, 7) is 3.54. The average molecular weight is 395 g/mol. The van der Waals surface area contributed by atoms with Crippen LogP contribution in [0.15, 0.2) is 24.3 Å². The summed E-state index contributed by atoms with van der Waals surface area (Å²) in [5.41, 5.74) is 2.09. The minimum absolute atomic E-state index is 0.0152. The summed E-state index contributed by atoms with van der Waals surface area (Å²) < 4.78 is 0. The molecule has 4 aliphatic carbocycles. The van der Waals surface area contributed by atoms with Gasteiger partial charge in [0.15, 0.2) is 0 Å². The summed E-state index contributed by atoms with van der Waals surface area (Å²) in [5, 5.41) is 3.19. The van der Waals surface area contributed by atoms with Crippen LogP contribution >= 0.6 is 0 Å². The summed E-state index contributed by atoms with van der Waals surface area (Å²) in [7, 11) is 0. The molecule has 0 aromatic heterocycles. The summed E-state index contributed by atoms with van der Waals surface area (Å²) >= 11 is 0. The third-order valence-electron chi connectivity index (χ3n) is 8.26. The fourth-order valence-corrected chi connectivity index (χ4v) is 7.30. The highest BCUT2D eigenvalue weighted by atomic mass is 16.2. The molecule has 4 heteroatoms. The van der Waals surface area contributed by atoms with Gasteiger partial charge < -0.3 is 10.2 Å². The number of carbonyl (C=O) groups is 2. The molecule has 1 aromatic rings. The van der Waals surface area contributed by atoms with Crippen LogP contribution < -0.4 is 5.32 Å². The number of likely N-dealkylation sites (tertiary alicyclic amines) is 1. The lowest BCUT2D eigenvalue weighted by atomic mass is 9.49. The lowest BCUT2D eigenvalue weighted by Gasteiger charge is -2.57. The summed E-state index contributed by atoms with van der Waals surface area (Å²) in [4.78, 5) is 27.8. The highest BCUT2D eigenvalue weighted by molar-refractivity contribution is 5.95. The topological polar surface area (TPSA) is 49.4 Å². The Morgan fingerprint density at radius 1 is 1.00 bits per heavy atom. The zero-order valence-corrected chi connectivity index (χ0v) is 17.7. The molecule has 6 rings (SSSR count). The first kappa shape index (κ1) is 19.1. The van der Waals surface area contributed by atoms with Crippen LogP contribution in [0.1, 0.15) is 73.7 Å². The van der Waals surface area contributed by atoms with Crippen LogP contribution in [-0.4, -0.2) is 35.8 Å². The summed E-state index contributed by atoms with van der Waals surface area (Å²) in [5.74, 6) is 3.08. The molecular weight excluding hydrogens is 360 g/mol. The van der Waals surface area contributed by atoms with Crippen LogP contribution in [-0.2, 0) is 4.79 Å². The summed E-state index contributed by atoms with van der Waals surface area (Å²) in [6, 6.07) is 7.90. The molecule has 5 fully saturated rings. The van der Waals surface area contributed by atoms with E-state index in [1.807, 2.05) is 31.2 Å². The fourth-order valence-electron chi connectivity index (χ4n) is 7.30. The van der Waals surface area contributed by atoms with E-state index < -0.39 is 0 Å². The van der Waals surface area contributed by atoms with Crippen LogP contribution in [0.5, 0.6) is 0 Å². The first-order chi connectivity index (χ1) is 14.0. The number of hydrogen-bond donors (Lipinski definition) is 1. The molecule has 1 heterocycles. The molecule has 2 amide bonds. The Kier molecular flexibility index (Phi) is 4.92. The third-order valence-corrected chi connectivity index (χ3v) is 8.26.